The summed E-state index contributed by atoms with van der Waals surface area (Å²) in [6, 6.07) is 19.2. The first-order chi connectivity index (χ1) is 17.9. The van der Waals surface area contributed by atoms with Gasteiger partial charge in [-0.1, -0.05) is 23.9 Å². The SMILES string of the molecule is COc1cccc([C@@H](Oc2ccc3c(cnn3-c3ccc(F)cc3)c2)[C@H](C)NC(=O)C2=C(C)NCS2)c1. The molecule has 0 aliphatic carbocycles. The number of allylic oxidation sites excluding steroid dienone is 1. The lowest BCUT2D eigenvalue weighted by Gasteiger charge is -2.27. The first-order valence-corrected chi connectivity index (χ1v) is 12.8. The highest BCUT2D eigenvalue weighted by Crippen LogP contribution is 2.31. The highest BCUT2D eigenvalue weighted by molar-refractivity contribution is 8.04. The number of nitrogens with one attached hydrogen (secondary N) is 2. The highest BCUT2D eigenvalue weighted by atomic mass is 32.2. The number of benzene rings is 3. The van der Waals surface area contributed by atoms with Gasteiger partial charge in [0.05, 0.1) is 41.3 Å². The Bertz CT molecular complexity index is 1470. The van der Waals surface area contributed by atoms with Gasteiger partial charge in [-0.05, 0) is 74.0 Å². The van der Waals surface area contributed by atoms with Crippen molar-refractivity contribution in [2.45, 2.75) is 26.0 Å². The lowest BCUT2D eigenvalue weighted by molar-refractivity contribution is -0.118. The minimum atomic E-state index is -0.482. The number of ether oxygens (including phenoxy) is 2. The Labute approximate surface area is 218 Å². The lowest BCUT2D eigenvalue weighted by atomic mass is 10.0. The van der Waals surface area contributed by atoms with E-state index in [2.05, 4.69) is 15.7 Å². The van der Waals surface area contributed by atoms with Crippen LogP contribution in [0.5, 0.6) is 11.5 Å². The molecule has 1 aliphatic heterocycles. The first kappa shape index (κ1) is 24.7. The van der Waals surface area contributed by atoms with Crippen molar-refractivity contribution in [2.24, 2.45) is 0 Å². The van der Waals surface area contributed by atoms with Gasteiger partial charge in [0.1, 0.15) is 23.4 Å². The fourth-order valence-corrected chi connectivity index (χ4v) is 5.20. The van der Waals surface area contributed by atoms with Gasteiger partial charge in [0.2, 0.25) is 0 Å². The average Bonchev–Trinajstić information content (AvgIpc) is 3.53. The van der Waals surface area contributed by atoms with Crippen molar-refractivity contribution in [1.82, 2.24) is 20.4 Å². The molecular formula is C28H27FN4O3S. The molecule has 0 spiro atoms. The predicted octanol–water partition coefficient (Wildman–Crippen LogP) is 5.32. The normalized spacial score (nSPS) is 14.8. The van der Waals surface area contributed by atoms with Crippen molar-refractivity contribution in [3.8, 4) is 17.2 Å². The molecule has 9 heteroatoms. The maximum Gasteiger partial charge on any atom is 0.259 e. The van der Waals surface area contributed by atoms with Crippen LogP contribution in [0.15, 0.2) is 83.5 Å². The number of thioether (sulfide) groups is 1. The Kier molecular flexibility index (Phi) is 7.05. The van der Waals surface area contributed by atoms with E-state index in [1.54, 1.807) is 30.1 Å². The second-order valence-electron chi connectivity index (χ2n) is 8.75. The number of carbonyl (C=O) groups is 1. The number of methoxy groups -OCH3 is 1. The van der Waals surface area contributed by atoms with E-state index in [-0.39, 0.29) is 17.8 Å². The average molecular weight is 519 g/mol. The minimum Gasteiger partial charge on any atom is -0.497 e. The standard InChI is InChI=1S/C28H27FN4O3S/c1-17(32-28(34)27-18(2)30-16-37-27)26(19-5-4-6-23(13-19)35-3)36-24-11-12-25-20(14-24)15-31-33(25)22-9-7-21(29)8-10-22/h4-15,17,26,30H,16H2,1-3H3,(H,32,34)/t17-,26-/m0/s1. The molecule has 4 aromatic rings. The number of fused-ring (bicyclic) bond motifs is 1. The quantitative estimate of drug-likeness (QED) is 0.329. The molecule has 190 valence electrons. The van der Waals surface area contributed by atoms with Gasteiger partial charge in [0, 0.05) is 11.1 Å². The van der Waals surface area contributed by atoms with E-state index in [1.807, 2.05) is 56.3 Å². The van der Waals surface area contributed by atoms with Gasteiger partial charge in [0.25, 0.3) is 5.91 Å². The Balaban J connectivity index is 1.44. The van der Waals surface area contributed by atoms with Gasteiger partial charge in [-0.3, -0.25) is 4.79 Å². The summed E-state index contributed by atoms with van der Waals surface area (Å²) in [5.74, 6) is 1.59. The summed E-state index contributed by atoms with van der Waals surface area (Å²) in [4.78, 5) is 13.7. The highest BCUT2D eigenvalue weighted by Gasteiger charge is 2.27. The van der Waals surface area contributed by atoms with Gasteiger partial charge in [-0.25, -0.2) is 9.07 Å². The first-order valence-electron chi connectivity index (χ1n) is 11.9. The zero-order valence-electron chi connectivity index (χ0n) is 20.7. The second kappa shape index (κ2) is 10.6. The largest absolute Gasteiger partial charge is 0.497 e. The smallest absolute Gasteiger partial charge is 0.259 e. The molecule has 5 rings (SSSR count). The molecule has 2 N–H and O–H groups in total. The molecule has 0 unspecified atom stereocenters. The molecule has 3 aromatic carbocycles. The van der Waals surface area contributed by atoms with Crippen LogP contribution in [0.2, 0.25) is 0 Å². The van der Waals surface area contributed by atoms with Gasteiger partial charge in [-0.2, -0.15) is 5.10 Å². The maximum atomic E-state index is 13.4. The van der Waals surface area contributed by atoms with E-state index in [1.165, 1.54) is 23.9 Å². The van der Waals surface area contributed by atoms with Crippen LogP contribution in [-0.2, 0) is 4.79 Å². The molecule has 37 heavy (non-hydrogen) atoms. The fourth-order valence-electron chi connectivity index (χ4n) is 4.29. The minimum absolute atomic E-state index is 0.132. The van der Waals surface area contributed by atoms with Crippen molar-refractivity contribution in [2.75, 3.05) is 13.0 Å². The number of aromatic nitrogens is 2. The van der Waals surface area contributed by atoms with Crippen molar-refractivity contribution in [3.05, 3.63) is 94.9 Å². The van der Waals surface area contributed by atoms with Crippen LogP contribution in [0.4, 0.5) is 4.39 Å². The monoisotopic (exact) mass is 518 g/mol. The van der Waals surface area contributed by atoms with E-state index in [0.29, 0.717) is 22.3 Å². The van der Waals surface area contributed by atoms with Crippen LogP contribution >= 0.6 is 11.8 Å². The summed E-state index contributed by atoms with van der Waals surface area (Å²) >= 11 is 1.49. The van der Waals surface area contributed by atoms with Crippen LogP contribution in [0.25, 0.3) is 16.6 Å². The predicted molar refractivity (Wildman–Crippen MR) is 143 cm³/mol. The van der Waals surface area contributed by atoms with E-state index in [0.717, 1.165) is 27.9 Å². The van der Waals surface area contributed by atoms with E-state index < -0.39 is 6.10 Å². The van der Waals surface area contributed by atoms with Gasteiger partial charge < -0.3 is 20.1 Å². The molecule has 1 amide bonds. The molecule has 0 bridgehead atoms. The molecule has 0 fully saturated rings. The third-order valence-electron chi connectivity index (χ3n) is 6.21. The van der Waals surface area contributed by atoms with E-state index >= 15 is 0 Å². The molecule has 2 heterocycles. The lowest BCUT2D eigenvalue weighted by Crippen LogP contribution is -2.39. The summed E-state index contributed by atoms with van der Waals surface area (Å²) in [6.45, 7) is 3.83. The van der Waals surface area contributed by atoms with Crippen molar-refractivity contribution >= 4 is 28.6 Å². The number of hydrogen-bond acceptors (Lipinski definition) is 6. The molecule has 2 atom stereocenters. The number of carbonyl (C=O) groups excluding carboxylic acids is 1. The molecule has 7 nitrogen and oxygen atoms in total. The van der Waals surface area contributed by atoms with Crippen LogP contribution < -0.4 is 20.1 Å². The summed E-state index contributed by atoms with van der Waals surface area (Å²) in [7, 11) is 1.62. The van der Waals surface area contributed by atoms with Crippen molar-refractivity contribution < 1.29 is 18.7 Å². The molecule has 0 radical (unpaired) electrons. The Morgan fingerprint density at radius 2 is 1.95 bits per heavy atom. The molecule has 1 aliphatic rings. The van der Waals surface area contributed by atoms with Gasteiger partial charge in [0.15, 0.2) is 0 Å². The van der Waals surface area contributed by atoms with E-state index in [9.17, 15) is 9.18 Å². The number of amides is 1. The zero-order chi connectivity index (χ0) is 25.9. The summed E-state index contributed by atoms with van der Waals surface area (Å²) in [5, 5.41) is 11.6. The van der Waals surface area contributed by atoms with Crippen LogP contribution in [0, 0.1) is 5.82 Å². The molecule has 0 saturated carbocycles. The fraction of sp³-hybridized carbons (Fsp3) is 0.214. The second-order valence-corrected chi connectivity index (χ2v) is 9.74. The van der Waals surface area contributed by atoms with Gasteiger partial charge in [-0.15, -0.1) is 0 Å². The van der Waals surface area contributed by atoms with Crippen LogP contribution in [0.1, 0.15) is 25.5 Å². The third kappa shape index (κ3) is 5.27. The van der Waals surface area contributed by atoms with Crippen molar-refractivity contribution in [3.63, 3.8) is 0 Å². The topological polar surface area (TPSA) is 77.4 Å². The third-order valence-corrected chi connectivity index (χ3v) is 7.28. The van der Waals surface area contributed by atoms with Crippen LogP contribution in [0.3, 0.4) is 0 Å². The zero-order valence-corrected chi connectivity index (χ0v) is 21.5. The summed E-state index contributed by atoms with van der Waals surface area (Å²) in [6.07, 6.45) is 1.26. The van der Waals surface area contributed by atoms with Gasteiger partial charge >= 0.3 is 0 Å². The molecule has 1 aromatic heterocycles. The molecule has 0 saturated heterocycles. The number of hydrogen-bond donors (Lipinski definition) is 2. The summed E-state index contributed by atoms with van der Waals surface area (Å²) in [5.41, 5.74) is 3.38. The molecular weight excluding hydrogens is 491 g/mol. The van der Waals surface area contributed by atoms with E-state index in [4.69, 9.17) is 9.47 Å². The Morgan fingerprint density at radius 3 is 2.68 bits per heavy atom. The number of rotatable bonds is 8. The Hall–Kier alpha value is -3.98. The van der Waals surface area contributed by atoms with Crippen LogP contribution in [-0.4, -0.2) is 34.7 Å². The summed E-state index contributed by atoms with van der Waals surface area (Å²) < 4.78 is 27.0. The Morgan fingerprint density at radius 1 is 1.14 bits per heavy atom. The maximum absolute atomic E-state index is 13.4. The number of nitrogens with zero attached hydrogens (tertiary/aromatic N) is 2. The number of halogens is 1. The van der Waals surface area contributed by atoms with Crippen molar-refractivity contribution in [1.29, 1.82) is 0 Å².